The smallest absolute Gasteiger partial charge is 0.273 e. The first-order chi connectivity index (χ1) is 8.70. The van der Waals surface area contributed by atoms with Gasteiger partial charge >= 0.3 is 0 Å². The van der Waals surface area contributed by atoms with Crippen LogP contribution in [-0.2, 0) is 0 Å². The molecule has 100 valence electrons. The number of nitrogens with zero attached hydrogens (tertiary/aromatic N) is 1. The number of amides is 1. The van der Waals surface area contributed by atoms with E-state index in [1.54, 1.807) is 0 Å². The zero-order valence-corrected chi connectivity index (χ0v) is 10.8. The molecule has 0 spiro atoms. The molecule has 0 radical (unpaired) electrons. The number of nitrogens with two attached hydrogens (primary N) is 1. The van der Waals surface area contributed by atoms with E-state index in [1.165, 1.54) is 19.1 Å². The van der Waals surface area contributed by atoms with Gasteiger partial charge in [-0.1, -0.05) is 19.8 Å². The van der Waals surface area contributed by atoms with Crippen molar-refractivity contribution in [3.63, 3.8) is 0 Å². The van der Waals surface area contributed by atoms with E-state index in [1.807, 2.05) is 0 Å². The van der Waals surface area contributed by atoms with Gasteiger partial charge in [0.25, 0.3) is 5.91 Å². The number of nitrogens with one attached hydrogen (secondary N) is 1. The van der Waals surface area contributed by atoms with Crippen LogP contribution in [0, 0.1) is 5.92 Å². The van der Waals surface area contributed by atoms with E-state index in [0.717, 1.165) is 25.8 Å². The Bertz CT molecular complexity index is 399. The molecule has 1 aliphatic carbocycles. The molecule has 1 aliphatic rings. The number of hydrogen-bond donors (Lipinski definition) is 2. The third kappa shape index (κ3) is 3.57. The number of aromatic nitrogens is 1. The normalized spacial score (nSPS) is 16.6. The van der Waals surface area contributed by atoms with Crippen LogP contribution in [0.25, 0.3) is 0 Å². The molecule has 1 fully saturated rings. The zero-order valence-electron chi connectivity index (χ0n) is 10.8. The van der Waals surface area contributed by atoms with Crippen molar-refractivity contribution in [2.75, 3.05) is 6.54 Å². The third-order valence-electron chi connectivity index (χ3n) is 3.19. The molecule has 1 unspecified atom stereocenters. The van der Waals surface area contributed by atoms with Gasteiger partial charge in [-0.3, -0.25) is 4.79 Å². The number of carbonyl (C=O) groups excluding carboxylic acids is 1. The minimum Gasteiger partial charge on any atom is -0.446 e. The number of carbonyl (C=O) groups is 1. The molecule has 1 saturated carbocycles. The first kappa shape index (κ1) is 13.1. The average molecular weight is 251 g/mol. The van der Waals surface area contributed by atoms with Crippen LogP contribution in [0.15, 0.2) is 10.7 Å². The lowest BCUT2D eigenvalue weighted by Crippen LogP contribution is -2.26. The van der Waals surface area contributed by atoms with Crippen LogP contribution in [0.1, 0.15) is 61.4 Å². The average Bonchev–Trinajstić information content (AvgIpc) is 3.07. The quantitative estimate of drug-likeness (QED) is 0.776. The Morgan fingerprint density at radius 3 is 3.11 bits per heavy atom. The van der Waals surface area contributed by atoms with Gasteiger partial charge in [-0.25, -0.2) is 4.98 Å². The topological polar surface area (TPSA) is 81.1 Å². The Hall–Kier alpha value is -1.36. The van der Waals surface area contributed by atoms with Gasteiger partial charge in [0.15, 0.2) is 5.69 Å². The summed E-state index contributed by atoms with van der Waals surface area (Å²) < 4.78 is 5.27. The van der Waals surface area contributed by atoms with Gasteiger partial charge in [0.2, 0.25) is 5.89 Å². The van der Waals surface area contributed by atoms with Gasteiger partial charge in [-0.15, -0.1) is 0 Å². The van der Waals surface area contributed by atoms with Crippen LogP contribution in [0.2, 0.25) is 0 Å². The highest BCUT2D eigenvalue weighted by molar-refractivity contribution is 5.91. The number of oxazole rings is 1. The van der Waals surface area contributed by atoms with Crippen molar-refractivity contribution in [1.82, 2.24) is 10.3 Å². The summed E-state index contributed by atoms with van der Waals surface area (Å²) in [5.41, 5.74) is 6.27. The van der Waals surface area contributed by atoms with E-state index >= 15 is 0 Å². The van der Waals surface area contributed by atoms with Crippen molar-refractivity contribution in [1.29, 1.82) is 0 Å². The minimum atomic E-state index is -0.213. The van der Waals surface area contributed by atoms with Crippen LogP contribution >= 0.6 is 0 Å². The maximum absolute atomic E-state index is 11.8. The largest absolute Gasteiger partial charge is 0.446 e. The summed E-state index contributed by atoms with van der Waals surface area (Å²) in [5.74, 6) is 0.951. The highest BCUT2D eigenvalue weighted by Crippen LogP contribution is 2.27. The number of unbranched alkanes of at least 4 members (excludes halogenated alkanes) is 1. The summed E-state index contributed by atoms with van der Waals surface area (Å²) in [6.07, 6.45) is 6.78. The Balaban J connectivity index is 1.85. The summed E-state index contributed by atoms with van der Waals surface area (Å²) in [7, 11) is 0. The molecule has 0 saturated heterocycles. The monoisotopic (exact) mass is 251 g/mol. The molecule has 3 N–H and O–H groups in total. The second kappa shape index (κ2) is 6.00. The van der Waals surface area contributed by atoms with Crippen molar-refractivity contribution in [2.45, 2.75) is 45.1 Å². The molecule has 5 nitrogen and oxygen atoms in total. The predicted octanol–water partition coefficient (Wildman–Crippen LogP) is 2.00. The van der Waals surface area contributed by atoms with E-state index < -0.39 is 0 Å². The van der Waals surface area contributed by atoms with Crippen LogP contribution < -0.4 is 11.1 Å². The fourth-order valence-electron chi connectivity index (χ4n) is 1.76. The minimum absolute atomic E-state index is 0.167. The molecule has 18 heavy (non-hydrogen) atoms. The summed E-state index contributed by atoms with van der Waals surface area (Å²) in [6, 6.07) is -0.213. The highest BCUT2D eigenvalue weighted by Gasteiger charge is 2.23. The number of hydrogen-bond acceptors (Lipinski definition) is 4. The first-order valence-corrected chi connectivity index (χ1v) is 6.70. The first-order valence-electron chi connectivity index (χ1n) is 6.70. The van der Waals surface area contributed by atoms with E-state index in [4.69, 9.17) is 10.2 Å². The van der Waals surface area contributed by atoms with Gasteiger partial charge in [-0.05, 0) is 25.2 Å². The summed E-state index contributed by atoms with van der Waals surface area (Å²) in [6.45, 7) is 2.85. The molecule has 2 rings (SSSR count). The van der Waals surface area contributed by atoms with Crippen molar-refractivity contribution in [2.24, 2.45) is 11.7 Å². The second-order valence-electron chi connectivity index (χ2n) is 4.97. The summed E-state index contributed by atoms with van der Waals surface area (Å²) in [4.78, 5) is 15.9. The van der Waals surface area contributed by atoms with Crippen LogP contribution in [0.5, 0.6) is 0 Å². The Kier molecular flexibility index (Phi) is 4.36. The Labute approximate surface area is 107 Å². The Morgan fingerprint density at radius 2 is 2.44 bits per heavy atom. The molecule has 5 heteroatoms. The lowest BCUT2D eigenvalue weighted by atomic mass is 10.1. The second-order valence-corrected chi connectivity index (χ2v) is 4.97. The predicted molar refractivity (Wildman–Crippen MR) is 68.0 cm³/mol. The third-order valence-corrected chi connectivity index (χ3v) is 3.19. The molecule has 0 aromatic carbocycles. The lowest BCUT2D eigenvalue weighted by Gasteiger charge is -2.05. The molecule has 1 amide bonds. The molecule has 1 atom stereocenters. The Morgan fingerprint density at radius 1 is 1.67 bits per heavy atom. The fourth-order valence-corrected chi connectivity index (χ4v) is 1.76. The van der Waals surface area contributed by atoms with Crippen LogP contribution in [-0.4, -0.2) is 17.4 Å². The van der Waals surface area contributed by atoms with Crippen LogP contribution in [0.3, 0.4) is 0 Å². The summed E-state index contributed by atoms with van der Waals surface area (Å²) in [5, 5.41) is 2.85. The van der Waals surface area contributed by atoms with E-state index in [-0.39, 0.29) is 11.9 Å². The highest BCUT2D eigenvalue weighted by atomic mass is 16.3. The molecule has 0 bridgehead atoms. The van der Waals surface area contributed by atoms with Gasteiger partial charge < -0.3 is 15.5 Å². The van der Waals surface area contributed by atoms with E-state index in [9.17, 15) is 4.79 Å². The van der Waals surface area contributed by atoms with Crippen molar-refractivity contribution >= 4 is 5.91 Å². The molecule has 1 aromatic rings. The van der Waals surface area contributed by atoms with Gasteiger partial charge in [0.05, 0.1) is 6.04 Å². The standard InChI is InChI=1S/C13H21N3O2/c1-2-3-4-10(14)13-16-11(8-18-13)12(17)15-7-9-5-6-9/h8-10H,2-7,14H2,1H3,(H,15,17). The van der Waals surface area contributed by atoms with Gasteiger partial charge in [0.1, 0.15) is 6.26 Å². The van der Waals surface area contributed by atoms with Gasteiger partial charge in [-0.2, -0.15) is 0 Å². The zero-order chi connectivity index (χ0) is 13.0. The molecule has 0 aliphatic heterocycles. The summed E-state index contributed by atoms with van der Waals surface area (Å²) >= 11 is 0. The fraction of sp³-hybridized carbons (Fsp3) is 0.692. The molecular formula is C13H21N3O2. The molecule has 1 aromatic heterocycles. The molecular weight excluding hydrogens is 230 g/mol. The van der Waals surface area contributed by atoms with E-state index in [2.05, 4.69) is 17.2 Å². The lowest BCUT2D eigenvalue weighted by molar-refractivity contribution is 0.0946. The maximum atomic E-state index is 11.8. The maximum Gasteiger partial charge on any atom is 0.273 e. The van der Waals surface area contributed by atoms with E-state index in [0.29, 0.717) is 17.5 Å². The van der Waals surface area contributed by atoms with Crippen molar-refractivity contribution in [3.05, 3.63) is 17.8 Å². The number of rotatable bonds is 7. The van der Waals surface area contributed by atoms with Crippen LogP contribution in [0.4, 0.5) is 0 Å². The van der Waals surface area contributed by atoms with Crippen molar-refractivity contribution in [3.8, 4) is 0 Å². The SMILES string of the molecule is CCCCC(N)c1nc(C(=O)NCC2CC2)co1. The van der Waals surface area contributed by atoms with Crippen molar-refractivity contribution < 1.29 is 9.21 Å². The van der Waals surface area contributed by atoms with Gasteiger partial charge in [0, 0.05) is 6.54 Å². The molecule has 1 heterocycles.